The van der Waals surface area contributed by atoms with Crippen LogP contribution < -0.4 is 10.1 Å². The van der Waals surface area contributed by atoms with Gasteiger partial charge in [-0.25, -0.2) is 0 Å². The van der Waals surface area contributed by atoms with Crippen molar-refractivity contribution in [2.24, 2.45) is 0 Å². The number of hydrogen-bond acceptors (Lipinski definition) is 4. The lowest BCUT2D eigenvalue weighted by Crippen LogP contribution is -2.48. The van der Waals surface area contributed by atoms with Gasteiger partial charge in [-0.3, -0.25) is 4.79 Å². The van der Waals surface area contributed by atoms with Crippen LogP contribution in [0.2, 0.25) is 0 Å². The Labute approximate surface area is 185 Å². The average molecular weight is 426 g/mol. The summed E-state index contributed by atoms with van der Waals surface area (Å²) in [6, 6.07) is 11.8. The lowest BCUT2D eigenvalue weighted by molar-refractivity contribution is -0.118. The Morgan fingerprint density at radius 2 is 1.63 bits per heavy atom. The number of thiocarbonyl (C=S) groups is 1. The Hall–Kier alpha value is -2.44. The van der Waals surface area contributed by atoms with E-state index in [2.05, 4.69) is 41.1 Å². The number of benzene rings is 2. The second-order valence-corrected chi connectivity index (χ2v) is 8.25. The van der Waals surface area contributed by atoms with E-state index in [1.807, 2.05) is 38.1 Å². The number of ether oxygens (including phenoxy) is 1. The molecule has 1 amide bonds. The van der Waals surface area contributed by atoms with Crippen molar-refractivity contribution in [3.05, 3.63) is 58.7 Å². The molecule has 1 fully saturated rings. The van der Waals surface area contributed by atoms with Crippen LogP contribution in [0.1, 0.15) is 29.2 Å². The molecule has 1 aliphatic heterocycles. The molecule has 1 heterocycles. The quantitative estimate of drug-likeness (QED) is 0.710. The van der Waals surface area contributed by atoms with E-state index >= 15 is 0 Å². The molecular formula is C24H31N3O2S. The molecule has 0 spiro atoms. The van der Waals surface area contributed by atoms with Crippen LogP contribution in [0.5, 0.6) is 5.75 Å². The number of piperazine rings is 1. The molecule has 2 aromatic rings. The second kappa shape index (κ2) is 10.0. The number of anilines is 1. The Balaban J connectivity index is 1.52. The number of carbonyl (C=O) groups excluding carboxylic acids is 1. The Kier molecular flexibility index (Phi) is 7.45. The maximum atomic E-state index is 12.3. The second-order valence-electron chi connectivity index (χ2n) is 7.86. The fourth-order valence-electron chi connectivity index (χ4n) is 3.85. The molecule has 0 saturated carbocycles. The highest BCUT2D eigenvalue weighted by Gasteiger charge is 2.18. The summed E-state index contributed by atoms with van der Waals surface area (Å²) in [6.45, 7) is 13.3. The predicted octanol–water partition coefficient (Wildman–Crippen LogP) is 3.94. The molecule has 1 N–H and O–H groups in total. The van der Waals surface area contributed by atoms with Gasteiger partial charge in [-0.05, 0) is 62.7 Å². The number of hydrogen-bond donors (Lipinski definition) is 1. The fourth-order valence-corrected chi connectivity index (χ4v) is 4.16. The smallest absolute Gasteiger partial charge is 0.262 e. The predicted molar refractivity (Wildman–Crippen MR) is 127 cm³/mol. The number of aryl methyl sites for hydroxylation is 3. The van der Waals surface area contributed by atoms with Crippen LogP contribution in [0.3, 0.4) is 0 Å². The summed E-state index contributed by atoms with van der Waals surface area (Å²) in [5.74, 6) is 0.489. The van der Waals surface area contributed by atoms with E-state index in [9.17, 15) is 4.79 Å². The Morgan fingerprint density at radius 3 is 2.20 bits per heavy atom. The molecule has 160 valence electrons. The van der Waals surface area contributed by atoms with Crippen LogP contribution in [0.25, 0.3) is 0 Å². The van der Waals surface area contributed by atoms with Crippen LogP contribution in [0.4, 0.5) is 5.69 Å². The van der Waals surface area contributed by atoms with Crippen molar-refractivity contribution in [1.29, 1.82) is 0 Å². The number of amides is 1. The van der Waals surface area contributed by atoms with E-state index in [4.69, 9.17) is 17.0 Å². The van der Waals surface area contributed by atoms with Gasteiger partial charge in [0, 0.05) is 37.4 Å². The minimum Gasteiger partial charge on any atom is -0.484 e. The maximum Gasteiger partial charge on any atom is 0.262 e. The number of likely N-dealkylation sites (N-methyl/N-ethyl adjacent to an activating group) is 1. The van der Waals surface area contributed by atoms with E-state index < -0.39 is 0 Å². The highest BCUT2D eigenvalue weighted by Crippen LogP contribution is 2.22. The molecule has 0 unspecified atom stereocenters. The Bertz CT molecular complexity index is 880. The molecule has 5 nitrogen and oxygen atoms in total. The number of carbonyl (C=O) groups is 1. The molecule has 0 radical (unpaired) electrons. The third-order valence-corrected chi connectivity index (χ3v) is 6.01. The third kappa shape index (κ3) is 5.58. The van der Waals surface area contributed by atoms with E-state index in [0.29, 0.717) is 5.75 Å². The molecule has 6 heteroatoms. The standard InChI is InChI=1S/C24H31N3O2S/c1-5-26-10-12-27(13-11-26)24(30)20-6-8-21(9-7-20)29-16-22(28)25-23-18(3)14-17(2)15-19(23)4/h6-9,14-15H,5,10-13,16H2,1-4H3,(H,25,28). The summed E-state index contributed by atoms with van der Waals surface area (Å²) < 4.78 is 5.68. The first-order chi connectivity index (χ1) is 14.4. The van der Waals surface area contributed by atoms with Gasteiger partial charge in [0.1, 0.15) is 10.7 Å². The van der Waals surface area contributed by atoms with Crippen molar-refractivity contribution >= 4 is 28.8 Å². The van der Waals surface area contributed by atoms with Gasteiger partial charge in [0.25, 0.3) is 5.91 Å². The van der Waals surface area contributed by atoms with Gasteiger partial charge in [0.2, 0.25) is 0 Å². The van der Waals surface area contributed by atoms with Crippen molar-refractivity contribution in [3.8, 4) is 5.75 Å². The third-order valence-electron chi connectivity index (χ3n) is 5.52. The van der Waals surface area contributed by atoms with Crippen LogP contribution in [0.15, 0.2) is 36.4 Å². The largest absolute Gasteiger partial charge is 0.484 e. The fraction of sp³-hybridized carbons (Fsp3) is 0.417. The summed E-state index contributed by atoms with van der Waals surface area (Å²) in [5.41, 5.74) is 5.16. The molecule has 1 saturated heterocycles. The Morgan fingerprint density at radius 1 is 1.03 bits per heavy atom. The monoisotopic (exact) mass is 425 g/mol. The molecular weight excluding hydrogens is 394 g/mol. The summed E-state index contributed by atoms with van der Waals surface area (Å²) in [4.78, 5) is 17.9. The zero-order valence-corrected chi connectivity index (χ0v) is 19.1. The number of nitrogens with zero attached hydrogens (tertiary/aromatic N) is 2. The van der Waals surface area contributed by atoms with Gasteiger partial charge in [-0.15, -0.1) is 0 Å². The van der Waals surface area contributed by atoms with Crippen molar-refractivity contribution < 1.29 is 9.53 Å². The summed E-state index contributed by atoms with van der Waals surface area (Å²) in [7, 11) is 0. The van der Waals surface area contributed by atoms with Gasteiger partial charge < -0.3 is 19.9 Å². The normalized spacial score (nSPS) is 14.5. The first-order valence-electron chi connectivity index (χ1n) is 10.5. The van der Waals surface area contributed by atoms with E-state index in [0.717, 1.165) is 60.1 Å². The summed E-state index contributed by atoms with van der Waals surface area (Å²) >= 11 is 5.67. The summed E-state index contributed by atoms with van der Waals surface area (Å²) in [6.07, 6.45) is 0. The van der Waals surface area contributed by atoms with Gasteiger partial charge in [-0.1, -0.05) is 36.8 Å². The number of nitrogens with one attached hydrogen (secondary N) is 1. The molecule has 0 aliphatic carbocycles. The lowest BCUT2D eigenvalue weighted by Gasteiger charge is -2.35. The molecule has 30 heavy (non-hydrogen) atoms. The molecule has 0 bridgehead atoms. The maximum absolute atomic E-state index is 12.3. The van der Waals surface area contributed by atoms with Crippen molar-refractivity contribution in [1.82, 2.24) is 9.80 Å². The van der Waals surface area contributed by atoms with E-state index in [1.54, 1.807) is 0 Å². The number of rotatable bonds is 6. The van der Waals surface area contributed by atoms with Crippen molar-refractivity contribution in [2.75, 3.05) is 44.6 Å². The lowest BCUT2D eigenvalue weighted by atomic mass is 10.1. The highest BCUT2D eigenvalue weighted by molar-refractivity contribution is 7.80. The van der Waals surface area contributed by atoms with Crippen molar-refractivity contribution in [2.45, 2.75) is 27.7 Å². The van der Waals surface area contributed by atoms with Crippen LogP contribution >= 0.6 is 12.2 Å². The molecule has 3 rings (SSSR count). The molecule has 0 atom stereocenters. The SMILES string of the molecule is CCN1CCN(C(=S)c2ccc(OCC(=O)Nc3c(C)cc(C)cc3C)cc2)CC1. The zero-order chi connectivity index (χ0) is 21.7. The van der Waals surface area contributed by atoms with E-state index in [1.165, 1.54) is 5.56 Å². The van der Waals surface area contributed by atoms with Gasteiger partial charge in [0.15, 0.2) is 6.61 Å². The topological polar surface area (TPSA) is 44.8 Å². The van der Waals surface area contributed by atoms with Gasteiger partial charge >= 0.3 is 0 Å². The molecule has 0 aromatic heterocycles. The first-order valence-corrected chi connectivity index (χ1v) is 10.9. The van der Waals surface area contributed by atoms with Gasteiger partial charge in [0.05, 0.1) is 0 Å². The van der Waals surface area contributed by atoms with E-state index in [-0.39, 0.29) is 12.5 Å². The summed E-state index contributed by atoms with van der Waals surface area (Å²) in [5, 5.41) is 2.96. The molecule has 1 aliphatic rings. The minimum atomic E-state index is -0.168. The van der Waals surface area contributed by atoms with Crippen LogP contribution in [-0.4, -0.2) is 60.0 Å². The van der Waals surface area contributed by atoms with Crippen LogP contribution in [-0.2, 0) is 4.79 Å². The first kappa shape index (κ1) is 22.2. The zero-order valence-electron chi connectivity index (χ0n) is 18.3. The minimum absolute atomic E-state index is 0.0322. The average Bonchev–Trinajstić information content (AvgIpc) is 2.74. The van der Waals surface area contributed by atoms with Crippen molar-refractivity contribution in [3.63, 3.8) is 0 Å². The van der Waals surface area contributed by atoms with Crippen LogP contribution in [0, 0.1) is 20.8 Å². The molecule has 2 aromatic carbocycles. The highest BCUT2D eigenvalue weighted by atomic mass is 32.1. The van der Waals surface area contributed by atoms with Gasteiger partial charge in [-0.2, -0.15) is 0 Å².